The van der Waals surface area contributed by atoms with Crippen LogP contribution in [0.5, 0.6) is 0 Å². The minimum atomic E-state index is 0.867. The van der Waals surface area contributed by atoms with Crippen molar-refractivity contribution in [2.75, 3.05) is 0 Å². The van der Waals surface area contributed by atoms with E-state index in [1.165, 1.54) is 66.1 Å². The fourth-order valence-electron chi connectivity index (χ4n) is 7.53. The summed E-state index contributed by atoms with van der Waals surface area (Å²) in [5.74, 6) is 1.07. The Morgan fingerprint density at radius 3 is 1.55 bits per heavy atom. The topological polar surface area (TPSA) is 17.8 Å². The predicted octanol–water partition coefficient (Wildman–Crippen LogP) is 12.6. The Kier molecular flexibility index (Phi) is 7.13. The van der Waals surface area contributed by atoms with Crippen molar-refractivity contribution in [3.05, 3.63) is 182 Å². The van der Waals surface area contributed by atoms with Gasteiger partial charge in [-0.1, -0.05) is 159 Å². The molecule has 0 spiro atoms. The van der Waals surface area contributed by atoms with Crippen molar-refractivity contribution in [1.82, 2.24) is 9.55 Å². The molecule has 2 heteroatoms. The Morgan fingerprint density at radius 2 is 0.898 bits per heavy atom. The van der Waals surface area contributed by atoms with Crippen LogP contribution in [0.2, 0.25) is 0 Å². The van der Waals surface area contributed by atoms with E-state index in [0.29, 0.717) is 0 Å². The van der Waals surface area contributed by atoms with Gasteiger partial charge in [-0.05, 0) is 90.3 Å². The molecule has 0 bridgehead atoms. The number of hydrogen-bond donors (Lipinski definition) is 0. The molecule has 0 aliphatic rings. The van der Waals surface area contributed by atoms with Gasteiger partial charge in [0.2, 0.25) is 0 Å². The summed E-state index contributed by atoms with van der Waals surface area (Å²) < 4.78 is 2.29. The van der Waals surface area contributed by atoms with Gasteiger partial charge in [0.15, 0.2) is 0 Å². The first-order valence-corrected chi connectivity index (χ1v) is 17.0. The van der Waals surface area contributed by atoms with Crippen LogP contribution >= 0.6 is 0 Å². The molecule has 9 rings (SSSR count). The van der Waals surface area contributed by atoms with Gasteiger partial charge < -0.3 is 0 Å². The predicted molar refractivity (Wildman–Crippen MR) is 207 cm³/mol. The molecule has 2 nitrogen and oxygen atoms in total. The van der Waals surface area contributed by atoms with Gasteiger partial charge in [-0.2, -0.15) is 0 Å². The molecule has 0 aliphatic heterocycles. The summed E-state index contributed by atoms with van der Waals surface area (Å²) in [5.41, 5.74) is 13.2. The highest BCUT2D eigenvalue weighted by Gasteiger charge is 2.19. The summed E-state index contributed by atoms with van der Waals surface area (Å²) in [6, 6.07) is 63.7. The molecule has 0 saturated carbocycles. The number of fused-ring (bicyclic) bond motifs is 3. The zero-order valence-electron chi connectivity index (χ0n) is 27.3. The van der Waals surface area contributed by atoms with Crippen LogP contribution in [-0.2, 0) is 6.42 Å². The Labute approximate surface area is 286 Å². The van der Waals surface area contributed by atoms with Gasteiger partial charge in [-0.25, -0.2) is 4.98 Å². The Morgan fingerprint density at radius 1 is 0.408 bits per heavy atom. The Hall–Kier alpha value is -6.25. The molecule has 0 saturated heterocycles. The van der Waals surface area contributed by atoms with Crippen LogP contribution in [-0.4, -0.2) is 9.55 Å². The summed E-state index contributed by atoms with van der Waals surface area (Å²) in [6.07, 6.45) is 0.867. The minimum absolute atomic E-state index is 0.867. The summed E-state index contributed by atoms with van der Waals surface area (Å²) in [7, 11) is 0. The second-order valence-electron chi connectivity index (χ2n) is 12.6. The first kappa shape index (κ1) is 28.9. The minimum Gasteiger partial charge on any atom is -0.296 e. The van der Waals surface area contributed by atoms with Crippen LogP contribution in [0.1, 0.15) is 12.7 Å². The monoisotopic (exact) mass is 626 g/mol. The molecule has 0 N–H and O–H groups in total. The smallest absolute Gasteiger partial charge is 0.114 e. The number of hydrogen-bond acceptors (Lipinski definition) is 1. The summed E-state index contributed by atoms with van der Waals surface area (Å²) in [4.78, 5) is 4.92. The van der Waals surface area contributed by atoms with E-state index in [2.05, 4.69) is 187 Å². The third-order valence-electron chi connectivity index (χ3n) is 9.79. The zero-order chi connectivity index (χ0) is 32.7. The lowest BCUT2D eigenvalue weighted by molar-refractivity contribution is 0.908. The zero-order valence-corrected chi connectivity index (χ0v) is 27.3. The largest absolute Gasteiger partial charge is 0.296 e. The van der Waals surface area contributed by atoms with E-state index in [-0.39, 0.29) is 0 Å². The molecule has 49 heavy (non-hydrogen) atoms. The quantitative estimate of drug-likeness (QED) is 0.168. The standard InChI is InChI=1S/C47H34N2/c1-2-45-48-43-22-12-13-23-44(43)49(45)36-30-28-35(29-31-36)46-39-18-8-10-20-41(39)47(42-21-11-9-19-40(42)46)38-17-7-6-16-37(38)34-26-24-33(25-27-34)32-14-4-3-5-15-32/h3-31H,2H2,1H3. The highest BCUT2D eigenvalue weighted by atomic mass is 15.1. The van der Waals surface area contributed by atoms with E-state index in [0.717, 1.165) is 29.0 Å². The molecule has 1 aromatic heterocycles. The van der Waals surface area contributed by atoms with Gasteiger partial charge in [0.1, 0.15) is 5.82 Å². The number of rotatable bonds is 6. The number of benzene rings is 8. The van der Waals surface area contributed by atoms with Crippen molar-refractivity contribution in [2.24, 2.45) is 0 Å². The van der Waals surface area contributed by atoms with Crippen molar-refractivity contribution in [1.29, 1.82) is 0 Å². The van der Waals surface area contributed by atoms with E-state index >= 15 is 0 Å². The van der Waals surface area contributed by atoms with Crippen LogP contribution in [0.4, 0.5) is 0 Å². The molecule has 0 unspecified atom stereocenters. The fraction of sp³-hybridized carbons (Fsp3) is 0.0426. The second-order valence-corrected chi connectivity index (χ2v) is 12.6. The Bertz CT molecular complexity index is 2550. The van der Waals surface area contributed by atoms with Crippen LogP contribution < -0.4 is 0 Å². The summed E-state index contributed by atoms with van der Waals surface area (Å²) >= 11 is 0. The molecule has 0 radical (unpaired) electrons. The van der Waals surface area contributed by atoms with Crippen LogP contribution in [0, 0.1) is 0 Å². The van der Waals surface area contributed by atoms with Gasteiger partial charge in [0, 0.05) is 12.1 Å². The number of para-hydroxylation sites is 2. The average Bonchev–Trinajstić information content (AvgIpc) is 3.56. The molecule has 9 aromatic rings. The number of imidazole rings is 1. The first-order chi connectivity index (χ1) is 24.3. The summed E-state index contributed by atoms with van der Waals surface area (Å²) in [6.45, 7) is 2.17. The lowest BCUT2D eigenvalue weighted by Gasteiger charge is -2.20. The SMILES string of the molecule is CCc1nc2ccccc2n1-c1ccc(-c2c3ccccc3c(-c3ccccc3-c3ccc(-c4ccccc4)cc3)c3ccccc23)cc1. The van der Waals surface area contributed by atoms with E-state index in [1.54, 1.807) is 0 Å². The van der Waals surface area contributed by atoms with Gasteiger partial charge in [0.25, 0.3) is 0 Å². The highest BCUT2D eigenvalue weighted by Crippen LogP contribution is 2.46. The van der Waals surface area contributed by atoms with Crippen molar-refractivity contribution in [3.63, 3.8) is 0 Å². The lowest BCUT2D eigenvalue weighted by Crippen LogP contribution is -2.00. The van der Waals surface area contributed by atoms with Crippen LogP contribution in [0.25, 0.3) is 82.8 Å². The molecule has 1 heterocycles. The number of nitrogens with zero attached hydrogens (tertiary/aromatic N) is 2. The van der Waals surface area contributed by atoms with Crippen molar-refractivity contribution >= 4 is 32.6 Å². The molecule has 0 atom stereocenters. The van der Waals surface area contributed by atoms with Gasteiger partial charge in [-0.3, -0.25) is 4.57 Å². The Balaban J connectivity index is 1.22. The molecule has 0 aliphatic carbocycles. The van der Waals surface area contributed by atoms with Crippen molar-refractivity contribution in [3.8, 4) is 50.2 Å². The van der Waals surface area contributed by atoms with Gasteiger partial charge in [0.05, 0.1) is 11.0 Å². The third kappa shape index (κ3) is 4.92. The normalized spacial score (nSPS) is 11.4. The fourth-order valence-corrected chi connectivity index (χ4v) is 7.53. The van der Waals surface area contributed by atoms with Crippen LogP contribution in [0.3, 0.4) is 0 Å². The molecule has 0 fully saturated rings. The maximum atomic E-state index is 4.92. The van der Waals surface area contributed by atoms with E-state index in [9.17, 15) is 0 Å². The summed E-state index contributed by atoms with van der Waals surface area (Å²) in [5, 5.41) is 5.01. The van der Waals surface area contributed by atoms with Crippen molar-refractivity contribution in [2.45, 2.75) is 13.3 Å². The second kappa shape index (κ2) is 12.1. The van der Waals surface area contributed by atoms with Crippen LogP contribution in [0.15, 0.2) is 176 Å². The van der Waals surface area contributed by atoms with E-state index in [4.69, 9.17) is 4.98 Å². The van der Waals surface area contributed by atoms with E-state index in [1.807, 2.05) is 0 Å². The van der Waals surface area contributed by atoms with Gasteiger partial charge >= 0.3 is 0 Å². The molecule has 0 amide bonds. The highest BCUT2D eigenvalue weighted by molar-refractivity contribution is 6.22. The molecule has 8 aromatic carbocycles. The number of aromatic nitrogens is 2. The molecular weight excluding hydrogens is 593 g/mol. The maximum absolute atomic E-state index is 4.92. The first-order valence-electron chi connectivity index (χ1n) is 17.0. The lowest BCUT2D eigenvalue weighted by atomic mass is 9.83. The average molecular weight is 627 g/mol. The number of aryl methyl sites for hydroxylation is 1. The third-order valence-corrected chi connectivity index (χ3v) is 9.79. The molecule has 232 valence electrons. The van der Waals surface area contributed by atoms with Gasteiger partial charge in [-0.15, -0.1) is 0 Å². The van der Waals surface area contributed by atoms with Crippen molar-refractivity contribution < 1.29 is 0 Å². The maximum Gasteiger partial charge on any atom is 0.114 e. The van der Waals surface area contributed by atoms with E-state index < -0.39 is 0 Å². The molecular formula is C47H34N2.